The summed E-state index contributed by atoms with van der Waals surface area (Å²) in [5, 5.41) is 0.183. The Morgan fingerprint density at radius 3 is 2.42 bits per heavy atom. The van der Waals surface area contributed by atoms with Gasteiger partial charge in [0.15, 0.2) is 6.61 Å². The van der Waals surface area contributed by atoms with Crippen LogP contribution in [0.1, 0.15) is 40.0 Å². The van der Waals surface area contributed by atoms with Gasteiger partial charge in [-0.2, -0.15) is 4.31 Å². The number of halogens is 2. The van der Waals surface area contributed by atoms with Crippen LogP contribution in [0.2, 0.25) is 5.02 Å². The minimum atomic E-state index is -4.12. The van der Waals surface area contributed by atoms with Crippen LogP contribution in [0, 0.1) is 5.82 Å². The first-order chi connectivity index (χ1) is 15.7. The SMILES string of the molecule is O=C(COC(=O)c1ccc(F)c(S(=O)(=O)N2CCCCC2)c1)NNC(=O)c1ccccc1Cl. The van der Waals surface area contributed by atoms with Crippen molar-refractivity contribution in [3.8, 4) is 0 Å². The highest BCUT2D eigenvalue weighted by atomic mass is 35.5. The van der Waals surface area contributed by atoms with E-state index in [1.165, 1.54) is 16.4 Å². The maximum Gasteiger partial charge on any atom is 0.338 e. The summed E-state index contributed by atoms with van der Waals surface area (Å²) in [6.07, 6.45) is 2.23. The van der Waals surface area contributed by atoms with E-state index in [1.54, 1.807) is 12.1 Å². The van der Waals surface area contributed by atoms with Crippen molar-refractivity contribution in [1.82, 2.24) is 15.2 Å². The van der Waals surface area contributed by atoms with Gasteiger partial charge in [0.1, 0.15) is 10.7 Å². The number of rotatable bonds is 6. The second-order valence-corrected chi connectivity index (χ2v) is 9.48. The third-order valence-corrected chi connectivity index (χ3v) is 7.11. The monoisotopic (exact) mass is 497 g/mol. The number of piperidine rings is 1. The Morgan fingerprint density at radius 2 is 1.73 bits per heavy atom. The molecule has 2 aromatic rings. The van der Waals surface area contributed by atoms with Crippen LogP contribution in [0.15, 0.2) is 47.4 Å². The smallest absolute Gasteiger partial charge is 0.338 e. The number of nitrogens with one attached hydrogen (secondary N) is 2. The molecular formula is C21H21ClFN3O6S. The first-order valence-electron chi connectivity index (χ1n) is 10.0. The zero-order valence-electron chi connectivity index (χ0n) is 17.3. The highest BCUT2D eigenvalue weighted by Gasteiger charge is 2.29. The largest absolute Gasteiger partial charge is 0.452 e. The summed E-state index contributed by atoms with van der Waals surface area (Å²) >= 11 is 5.90. The topological polar surface area (TPSA) is 122 Å². The molecule has 2 aromatic carbocycles. The van der Waals surface area contributed by atoms with Crippen LogP contribution in [0.25, 0.3) is 0 Å². The Hall–Kier alpha value is -3.02. The lowest BCUT2D eigenvalue weighted by molar-refractivity contribution is -0.125. The van der Waals surface area contributed by atoms with Crippen LogP contribution < -0.4 is 10.9 Å². The Bertz CT molecular complexity index is 1170. The fourth-order valence-electron chi connectivity index (χ4n) is 3.16. The van der Waals surface area contributed by atoms with Crippen molar-refractivity contribution in [3.63, 3.8) is 0 Å². The Labute approximate surface area is 194 Å². The predicted molar refractivity (Wildman–Crippen MR) is 116 cm³/mol. The molecule has 2 amide bonds. The van der Waals surface area contributed by atoms with E-state index in [9.17, 15) is 27.2 Å². The highest BCUT2D eigenvalue weighted by molar-refractivity contribution is 7.89. The van der Waals surface area contributed by atoms with Gasteiger partial charge >= 0.3 is 5.97 Å². The van der Waals surface area contributed by atoms with Gasteiger partial charge in [0.05, 0.1) is 16.1 Å². The molecule has 1 fully saturated rings. The minimum Gasteiger partial charge on any atom is -0.452 e. The summed E-state index contributed by atoms with van der Waals surface area (Å²) in [6.45, 7) is -0.222. The first kappa shape index (κ1) is 24.6. The molecule has 3 rings (SSSR count). The molecule has 0 aliphatic carbocycles. The maximum absolute atomic E-state index is 14.3. The summed E-state index contributed by atoms with van der Waals surface area (Å²) in [4.78, 5) is 35.5. The molecule has 0 bridgehead atoms. The Kier molecular flexibility index (Phi) is 8.01. The second kappa shape index (κ2) is 10.7. The maximum atomic E-state index is 14.3. The quantitative estimate of drug-likeness (QED) is 0.466. The molecule has 176 valence electrons. The molecule has 1 saturated heterocycles. The molecule has 0 atom stereocenters. The van der Waals surface area contributed by atoms with Crippen LogP contribution in [0.4, 0.5) is 4.39 Å². The standard InChI is InChI=1S/C21H21ClFN3O6S/c22-16-7-3-2-6-15(16)20(28)25-24-19(27)13-32-21(29)14-8-9-17(23)18(12-14)33(30,31)26-10-4-1-5-11-26/h2-3,6-9,12H,1,4-5,10-11,13H2,(H,24,27)(H,25,28). The van der Waals surface area contributed by atoms with Crippen LogP contribution in [-0.4, -0.2) is 50.2 Å². The number of benzene rings is 2. The van der Waals surface area contributed by atoms with Crippen molar-refractivity contribution < 1.29 is 31.9 Å². The zero-order chi connectivity index (χ0) is 24.0. The molecule has 1 aliphatic heterocycles. The summed E-state index contributed by atoms with van der Waals surface area (Å²) in [7, 11) is -4.12. The number of esters is 1. The molecule has 0 saturated carbocycles. The van der Waals surface area contributed by atoms with Gasteiger partial charge in [0, 0.05) is 13.1 Å². The van der Waals surface area contributed by atoms with Crippen molar-refractivity contribution in [2.24, 2.45) is 0 Å². The third kappa shape index (κ3) is 6.06. The fourth-order valence-corrected chi connectivity index (χ4v) is 4.99. The van der Waals surface area contributed by atoms with Crippen molar-refractivity contribution in [2.45, 2.75) is 24.2 Å². The predicted octanol–water partition coefficient (Wildman–Crippen LogP) is 2.27. The van der Waals surface area contributed by atoms with Gasteiger partial charge in [0.25, 0.3) is 11.8 Å². The Morgan fingerprint density at radius 1 is 1.03 bits per heavy atom. The number of sulfonamides is 1. The van der Waals surface area contributed by atoms with E-state index < -0.39 is 45.1 Å². The first-order valence-corrected chi connectivity index (χ1v) is 11.8. The average Bonchev–Trinajstić information content (AvgIpc) is 2.82. The molecule has 0 radical (unpaired) electrons. The molecule has 33 heavy (non-hydrogen) atoms. The number of nitrogens with zero attached hydrogens (tertiary/aromatic N) is 1. The van der Waals surface area contributed by atoms with E-state index in [4.69, 9.17) is 16.3 Å². The van der Waals surface area contributed by atoms with Gasteiger partial charge in [-0.05, 0) is 43.2 Å². The average molecular weight is 498 g/mol. The number of ether oxygens (including phenoxy) is 1. The second-order valence-electron chi connectivity index (χ2n) is 7.17. The molecule has 12 heteroatoms. The van der Waals surface area contributed by atoms with Crippen LogP contribution in [-0.2, 0) is 19.6 Å². The van der Waals surface area contributed by atoms with E-state index >= 15 is 0 Å². The molecule has 0 aromatic heterocycles. The van der Waals surface area contributed by atoms with E-state index in [2.05, 4.69) is 10.9 Å². The zero-order valence-corrected chi connectivity index (χ0v) is 18.9. The van der Waals surface area contributed by atoms with Gasteiger partial charge in [0.2, 0.25) is 10.0 Å². The lowest BCUT2D eigenvalue weighted by Crippen LogP contribution is -2.43. The summed E-state index contributed by atoms with van der Waals surface area (Å²) in [5.41, 5.74) is 4.09. The summed E-state index contributed by atoms with van der Waals surface area (Å²) < 4.78 is 45.8. The number of hydrogen-bond acceptors (Lipinski definition) is 6. The van der Waals surface area contributed by atoms with E-state index in [0.29, 0.717) is 12.8 Å². The van der Waals surface area contributed by atoms with Crippen LogP contribution >= 0.6 is 11.6 Å². The highest BCUT2D eigenvalue weighted by Crippen LogP contribution is 2.24. The van der Waals surface area contributed by atoms with Crippen LogP contribution in [0.3, 0.4) is 0 Å². The molecule has 2 N–H and O–H groups in total. The number of amides is 2. The van der Waals surface area contributed by atoms with E-state index in [-0.39, 0.29) is 29.2 Å². The number of hydrazine groups is 1. The number of carbonyl (C=O) groups excluding carboxylic acids is 3. The Balaban J connectivity index is 1.59. The fraction of sp³-hybridized carbons (Fsp3) is 0.286. The van der Waals surface area contributed by atoms with Gasteiger partial charge < -0.3 is 4.74 Å². The molecular weight excluding hydrogens is 477 g/mol. The van der Waals surface area contributed by atoms with Crippen molar-refractivity contribution in [3.05, 3.63) is 64.4 Å². The van der Waals surface area contributed by atoms with Crippen molar-refractivity contribution >= 4 is 39.4 Å². The van der Waals surface area contributed by atoms with Gasteiger partial charge in [-0.25, -0.2) is 17.6 Å². The lowest BCUT2D eigenvalue weighted by atomic mass is 10.2. The van der Waals surface area contributed by atoms with Gasteiger partial charge in [-0.1, -0.05) is 30.2 Å². The number of carbonyl (C=O) groups is 3. The lowest BCUT2D eigenvalue weighted by Gasteiger charge is -2.26. The van der Waals surface area contributed by atoms with Crippen LogP contribution in [0.5, 0.6) is 0 Å². The normalized spacial score (nSPS) is 14.4. The molecule has 0 spiro atoms. The van der Waals surface area contributed by atoms with Crippen molar-refractivity contribution in [1.29, 1.82) is 0 Å². The van der Waals surface area contributed by atoms with E-state index in [0.717, 1.165) is 24.6 Å². The van der Waals surface area contributed by atoms with Gasteiger partial charge in [-0.3, -0.25) is 20.4 Å². The molecule has 1 aliphatic rings. The van der Waals surface area contributed by atoms with E-state index in [1.807, 2.05) is 0 Å². The summed E-state index contributed by atoms with van der Waals surface area (Å²) in [5.74, 6) is -3.55. The minimum absolute atomic E-state index is 0.130. The number of hydrogen-bond donors (Lipinski definition) is 2. The molecule has 0 unspecified atom stereocenters. The third-order valence-electron chi connectivity index (χ3n) is 4.87. The van der Waals surface area contributed by atoms with Gasteiger partial charge in [-0.15, -0.1) is 0 Å². The van der Waals surface area contributed by atoms with Crippen molar-refractivity contribution in [2.75, 3.05) is 19.7 Å². The molecule has 1 heterocycles. The molecule has 9 nitrogen and oxygen atoms in total. The summed E-state index contributed by atoms with van der Waals surface area (Å²) in [6, 6.07) is 8.99.